The van der Waals surface area contributed by atoms with Crippen LogP contribution in [0.2, 0.25) is 0 Å². The normalized spacial score (nSPS) is 18.6. The van der Waals surface area contributed by atoms with Crippen LogP contribution in [0.5, 0.6) is 0 Å². The Bertz CT molecular complexity index is 508. The molecule has 0 aliphatic carbocycles. The van der Waals surface area contributed by atoms with Crippen LogP contribution in [-0.4, -0.2) is 49.6 Å². The monoisotopic (exact) mass is 296 g/mol. The third kappa shape index (κ3) is 3.81. The van der Waals surface area contributed by atoms with Crippen LogP contribution in [0, 0.1) is 0 Å². The molecule has 0 saturated carbocycles. The van der Waals surface area contributed by atoms with Gasteiger partial charge in [0.25, 0.3) is 0 Å². The summed E-state index contributed by atoms with van der Waals surface area (Å²) in [6.45, 7) is 3.94. The Morgan fingerprint density at radius 3 is 2.35 bits per heavy atom. The maximum absolute atomic E-state index is 11.8. The van der Waals surface area contributed by atoms with Crippen molar-refractivity contribution in [2.45, 2.75) is 32.4 Å². The highest BCUT2D eigenvalue weighted by Gasteiger charge is 2.28. The highest BCUT2D eigenvalue weighted by Crippen LogP contribution is 2.19. The average Bonchev–Trinajstić information content (AvgIpc) is 2.48. The van der Waals surface area contributed by atoms with E-state index in [2.05, 4.69) is 36.2 Å². The van der Waals surface area contributed by atoms with E-state index in [4.69, 9.17) is 0 Å². The maximum atomic E-state index is 11.8. The summed E-state index contributed by atoms with van der Waals surface area (Å²) in [5, 5.41) is 0. The fourth-order valence-corrected chi connectivity index (χ4v) is 3.88. The van der Waals surface area contributed by atoms with E-state index in [1.54, 1.807) is 11.2 Å². The van der Waals surface area contributed by atoms with Gasteiger partial charge in [-0.15, -0.1) is 0 Å². The van der Waals surface area contributed by atoms with Crippen molar-refractivity contribution in [1.82, 2.24) is 9.21 Å². The Kier molecular flexibility index (Phi) is 5.18. The average molecular weight is 296 g/mol. The molecule has 0 radical (unpaired) electrons. The molecule has 0 N–H and O–H groups in total. The molecule has 2 rings (SSSR count). The summed E-state index contributed by atoms with van der Waals surface area (Å²) in [6.07, 6.45) is 1.84. The largest absolute Gasteiger partial charge is 0.299 e. The van der Waals surface area contributed by atoms with Gasteiger partial charge < -0.3 is 0 Å². The number of hydrogen-bond acceptors (Lipinski definition) is 3. The van der Waals surface area contributed by atoms with Crippen LogP contribution < -0.4 is 0 Å². The molecule has 0 amide bonds. The predicted octanol–water partition coefficient (Wildman–Crippen LogP) is 1.93. The lowest BCUT2D eigenvalue weighted by Gasteiger charge is -2.36. The third-order valence-electron chi connectivity index (χ3n) is 4.08. The zero-order chi connectivity index (χ0) is 14.6. The SMILES string of the molecule is CCS(=O)(=O)N1CCC(N(C)Cc2ccccc2)CC1. The molecule has 1 aromatic rings. The molecule has 20 heavy (non-hydrogen) atoms. The molecule has 0 spiro atoms. The van der Waals surface area contributed by atoms with E-state index in [0.29, 0.717) is 19.1 Å². The molecule has 1 aromatic carbocycles. The summed E-state index contributed by atoms with van der Waals surface area (Å²) in [4.78, 5) is 2.34. The highest BCUT2D eigenvalue weighted by atomic mass is 32.2. The summed E-state index contributed by atoms with van der Waals surface area (Å²) in [6, 6.07) is 10.9. The molecule has 112 valence electrons. The molecule has 1 aliphatic heterocycles. The first kappa shape index (κ1) is 15.5. The Labute approximate surface area is 122 Å². The Morgan fingerprint density at radius 2 is 1.80 bits per heavy atom. The second-order valence-corrected chi connectivity index (χ2v) is 7.69. The van der Waals surface area contributed by atoms with Crippen LogP contribution in [0.1, 0.15) is 25.3 Å². The van der Waals surface area contributed by atoms with E-state index in [1.165, 1.54) is 5.56 Å². The molecule has 0 bridgehead atoms. The number of sulfonamides is 1. The van der Waals surface area contributed by atoms with Crippen LogP contribution in [0.4, 0.5) is 0 Å². The van der Waals surface area contributed by atoms with Crippen LogP contribution >= 0.6 is 0 Å². The fraction of sp³-hybridized carbons (Fsp3) is 0.600. The summed E-state index contributed by atoms with van der Waals surface area (Å²) < 4.78 is 25.3. The summed E-state index contributed by atoms with van der Waals surface area (Å²) >= 11 is 0. The van der Waals surface area contributed by atoms with E-state index in [0.717, 1.165) is 19.4 Å². The summed E-state index contributed by atoms with van der Waals surface area (Å²) in [5.41, 5.74) is 1.30. The number of piperidine rings is 1. The van der Waals surface area contributed by atoms with Crippen LogP contribution in [0.15, 0.2) is 30.3 Å². The van der Waals surface area contributed by atoms with Gasteiger partial charge in [0.15, 0.2) is 0 Å². The number of benzene rings is 1. The summed E-state index contributed by atoms with van der Waals surface area (Å²) in [5.74, 6) is 0.206. The summed E-state index contributed by atoms with van der Waals surface area (Å²) in [7, 11) is -0.888. The number of hydrogen-bond donors (Lipinski definition) is 0. The van der Waals surface area contributed by atoms with Gasteiger partial charge in [-0.2, -0.15) is 0 Å². The topological polar surface area (TPSA) is 40.6 Å². The van der Waals surface area contributed by atoms with Crippen LogP contribution in [0.3, 0.4) is 0 Å². The minimum atomic E-state index is -3.01. The van der Waals surface area contributed by atoms with Crippen LogP contribution in [0.25, 0.3) is 0 Å². The molecule has 1 heterocycles. The highest BCUT2D eigenvalue weighted by molar-refractivity contribution is 7.89. The van der Waals surface area contributed by atoms with E-state index in [-0.39, 0.29) is 5.75 Å². The van der Waals surface area contributed by atoms with Crippen molar-refractivity contribution < 1.29 is 8.42 Å². The first-order valence-corrected chi connectivity index (χ1v) is 8.86. The zero-order valence-electron chi connectivity index (χ0n) is 12.3. The molecule has 1 fully saturated rings. The molecule has 0 aromatic heterocycles. The molecule has 5 heteroatoms. The first-order valence-electron chi connectivity index (χ1n) is 7.25. The van der Waals surface area contributed by atoms with Crippen LogP contribution in [-0.2, 0) is 16.6 Å². The van der Waals surface area contributed by atoms with Gasteiger partial charge >= 0.3 is 0 Å². The van der Waals surface area contributed by atoms with Gasteiger partial charge in [0, 0.05) is 25.7 Å². The molecule has 1 saturated heterocycles. The van der Waals surface area contributed by atoms with E-state index in [1.807, 2.05) is 6.07 Å². The number of rotatable bonds is 5. The van der Waals surface area contributed by atoms with E-state index >= 15 is 0 Å². The van der Waals surface area contributed by atoms with Crippen molar-refractivity contribution in [2.75, 3.05) is 25.9 Å². The molecule has 0 atom stereocenters. The smallest absolute Gasteiger partial charge is 0.213 e. The second kappa shape index (κ2) is 6.70. The van der Waals surface area contributed by atoms with Gasteiger partial charge in [0.2, 0.25) is 10.0 Å². The van der Waals surface area contributed by atoms with Gasteiger partial charge in [-0.3, -0.25) is 4.90 Å². The Balaban J connectivity index is 1.87. The van der Waals surface area contributed by atoms with Gasteiger partial charge in [0.1, 0.15) is 0 Å². The molecular weight excluding hydrogens is 272 g/mol. The van der Waals surface area contributed by atoms with Gasteiger partial charge in [-0.05, 0) is 32.4 Å². The molecule has 0 unspecified atom stereocenters. The number of nitrogens with zero attached hydrogens (tertiary/aromatic N) is 2. The zero-order valence-corrected chi connectivity index (χ0v) is 13.1. The molecule has 1 aliphatic rings. The van der Waals surface area contributed by atoms with Crippen molar-refractivity contribution in [2.24, 2.45) is 0 Å². The predicted molar refractivity (Wildman–Crippen MR) is 82.0 cm³/mol. The van der Waals surface area contributed by atoms with E-state index < -0.39 is 10.0 Å². The van der Waals surface area contributed by atoms with Crippen molar-refractivity contribution >= 4 is 10.0 Å². The minimum Gasteiger partial charge on any atom is -0.299 e. The van der Waals surface area contributed by atoms with Gasteiger partial charge in [-0.25, -0.2) is 12.7 Å². The van der Waals surface area contributed by atoms with Gasteiger partial charge in [-0.1, -0.05) is 30.3 Å². The van der Waals surface area contributed by atoms with Crippen molar-refractivity contribution in [3.63, 3.8) is 0 Å². The first-order chi connectivity index (χ1) is 9.53. The third-order valence-corrected chi connectivity index (χ3v) is 5.96. The Morgan fingerprint density at radius 1 is 1.20 bits per heavy atom. The maximum Gasteiger partial charge on any atom is 0.213 e. The standard InChI is InChI=1S/C15H24N2O2S/c1-3-20(18,19)17-11-9-15(10-12-17)16(2)13-14-7-5-4-6-8-14/h4-8,15H,3,9-13H2,1-2H3. The lowest BCUT2D eigenvalue weighted by molar-refractivity contribution is 0.162. The van der Waals surface area contributed by atoms with Crippen molar-refractivity contribution in [3.8, 4) is 0 Å². The van der Waals surface area contributed by atoms with Gasteiger partial charge in [0.05, 0.1) is 5.75 Å². The van der Waals surface area contributed by atoms with Crippen molar-refractivity contribution in [1.29, 1.82) is 0 Å². The fourth-order valence-electron chi connectivity index (χ4n) is 2.74. The quantitative estimate of drug-likeness (QED) is 0.833. The van der Waals surface area contributed by atoms with E-state index in [9.17, 15) is 8.42 Å². The molecular formula is C15H24N2O2S. The second-order valence-electron chi connectivity index (χ2n) is 5.43. The lowest BCUT2D eigenvalue weighted by Crippen LogP contribution is -2.45. The Hall–Kier alpha value is -0.910. The minimum absolute atomic E-state index is 0.206. The lowest BCUT2D eigenvalue weighted by atomic mass is 10.0. The molecule has 4 nitrogen and oxygen atoms in total. The van der Waals surface area contributed by atoms with Crippen molar-refractivity contribution in [3.05, 3.63) is 35.9 Å².